The average Bonchev–Trinajstić information content (AvgIpc) is 2.46. The molecule has 4 nitrogen and oxygen atoms in total. The third-order valence-corrected chi connectivity index (χ3v) is 4.42. The molecule has 21 heavy (non-hydrogen) atoms. The zero-order chi connectivity index (χ0) is 15.8. The second-order valence-corrected chi connectivity index (χ2v) is 6.12. The van der Waals surface area contributed by atoms with Gasteiger partial charge in [-0.3, -0.25) is 9.59 Å². The van der Waals surface area contributed by atoms with Gasteiger partial charge in [0, 0.05) is 6.54 Å². The lowest BCUT2D eigenvalue weighted by Crippen LogP contribution is -2.41. The fourth-order valence-corrected chi connectivity index (χ4v) is 2.13. The van der Waals surface area contributed by atoms with Crippen molar-refractivity contribution in [2.75, 3.05) is 13.2 Å². The summed E-state index contributed by atoms with van der Waals surface area (Å²) in [7, 11) is 0. The van der Waals surface area contributed by atoms with Crippen molar-refractivity contribution in [2.45, 2.75) is 32.1 Å². The monoisotopic (exact) mass is 355 g/mol. The van der Waals surface area contributed by atoms with Gasteiger partial charge in [0.1, 0.15) is 6.54 Å². The van der Waals surface area contributed by atoms with Crippen LogP contribution < -0.4 is 0 Å². The van der Waals surface area contributed by atoms with E-state index >= 15 is 0 Å². The van der Waals surface area contributed by atoms with Crippen LogP contribution in [0.5, 0.6) is 0 Å². The highest BCUT2D eigenvalue weighted by Gasteiger charge is 2.26. The van der Waals surface area contributed by atoms with Gasteiger partial charge in [-0.25, -0.2) is 0 Å². The number of ether oxygens (including phenoxy) is 1. The Morgan fingerprint density at radius 1 is 1.24 bits per heavy atom. The minimum absolute atomic E-state index is 0.0314. The molecular weight excluding hydrogens is 334 g/mol. The molecule has 0 aliphatic carbocycles. The van der Waals surface area contributed by atoms with E-state index in [1.54, 1.807) is 6.92 Å². The number of amides is 1. The van der Waals surface area contributed by atoms with E-state index in [-0.39, 0.29) is 29.2 Å². The van der Waals surface area contributed by atoms with E-state index in [2.05, 4.69) is 15.9 Å². The Kier molecular flexibility index (Phi) is 7.43. The van der Waals surface area contributed by atoms with Gasteiger partial charge in [-0.15, -0.1) is 0 Å². The van der Waals surface area contributed by atoms with Crippen molar-refractivity contribution in [1.82, 2.24) is 4.90 Å². The first-order valence-corrected chi connectivity index (χ1v) is 7.99. The van der Waals surface area contributed by atoms with E-state index in [1.165, 1.54) is 4.90 Å². The van der Waals surface area contributed by atoms with Crippen molar-refractivity contribution >= 4 is 27.8 Å². The lowest BCUT2D eigenvalue weighted by atomic mass is 10.1. The molecule has 1 rings (SSSR count). The first-order valence-electron chi connectivity index (χ1n) is 7.08. The van der Waals surface area contributed by atoms with E-state index in [4.69, 9.17) is 4.74 Å². The fraction of sp³-hybridized carbons (Fsp3) is 0.500. The Bertz CT molecular complexity index is 462. The summed E-state index contributed by atoms with van der Waals surface area (Å²) in [5.41, 5.74) is 0.985. The molecule has 0 radical (unpaired) electrons. The molecule has 0 saturated carbocycles. The Hall–Kier alpha value is -1.36. The van der Waals surface area contributed by atoms with E-state index in [9.17, 15) is 9.59 Å². The normalized spacial score (nSPS) is 12.0. The highest BCUT2D eigenvalue weighted by molar-refractivity contribution is 9.10. The van der Waals surface area contributed by atoms with Crippen molar-refractivity contribution in [1.29, 1.82) is 0 Å². The molecule has 0 bridgehead atoms. The molecule has 0 aliphatic rings. The van der Waals surface area contributed by atoms with Gasteiger partial charge >= 0.3 is 5.97 Å². The van der Waals surface area contributed by atoms with Gasteiger partial charge in [0.25, 0.3) is 0 Å². The molecule has 0 N–H and O–H groups in total. The second kappa shape index (κ2) is 8.82. The van der Waals surface area contributed by atoms with Crippen LogP contribution in [0.1, 0.15) is 26.3 Å². The zero-order valence-electron chi connectivity index (χ0n) is 12.7. The van der Waals surface area contributed by atoms with Crippen LogP contribution in [-0.4, -0.2) is 34.8 Å². The number of carbonyl (C=O) groups excluding carboxylic acids is 2. The van der Waals surface area contributed by atoms with Crippen LogP contribution in [0.15, 0.2) is 30.3 Å². The number of hydrogen-bond donors (Lipinski definition) is 0. The van der Waals surface area contributed by atoms with Gasteiger partial charge in [0.05, 0.1) is 11.4 Å². The molecule has 116 valence electrons. The van der Waals surface area contributed by atoms with Crippen molar-refractivity contribution in [3.05, 3.63) is 35.9 Å². The summed E-state index contributed by atoms with van der Waals surface area (Å²) in [5.74, 6) is -0.329. The first kappa shape index (κ1) is 17.7. The number of rotatable bonds is 7. The van der Waals surface area contributed by atoms with Gasteiger partial charge in [-0.2, -0.15) is 0 Å². The van der Waals surface area contributed by atoms with Gasteiger partial charge < -0.3 is 9.64 Å². The minimum atomic E-state index is -0.384. The van der Waals surface area contributed by atoms with Crippen molar-refractivity contribution in [3.8, 4) is 0 Å². The molecule has 1 aromatic rings. The van der Waals surface area contributed by atoms with Gasteiger partial charge in [-0.05, 0) is 18.4 Å². The number of nitrogens with zero attached hydrogens (tertiary/aromatic N) is 1. The maximum Gasteiger partial charge on any atom is 0.325 e. The number of hydrogen-bond acceptors (Lipinski definition) is 3. The van der Waals surface area contributed by atoms with Crippen LogP contribution >= 0.6 is 15.9 Å². The second-order valence-electron chi connectivity index (χ2n) is 5.13. The summed E-state index contributed by atoms with van der Waals surface area (Å²) in [6.07, 6.45) is 0. The lowest BCUT2D eigenvalue weighted by molar-refractivity contribution is -0.149. The zero-order valence-corrected chi connectivity index (χ0v) is 14.3. The predicted octanol–water partition coefficient (Wildman–Crippen LogP) is 3.00. The molecule has 1 aromatic carbocycles. The molecule has 0 aliphatic heterocycles. The molecular formula is C16H22BrNO3. The predicted molar refractivity (Wildman–Crippen MR) is 86.0 cm³/mol. The molecule has 0 aromatic heterocycles. The molecule has 5 heteroatoms. The maximum absolute atomic E-state index is 12.5. The van der Waals surface area contributed by atoms with Gasteiger partial charge in [-0.1, -0.05) is 60.1 Å². The van der Waals surface area contributed by atoms with Gasteiger partial charge in [0.2, 0.25) is 5.91 Å². The number of benzene rings is 1. The Morgan fingerprint density at radius 2 is 1.86 bits per heavy atom. The minimum Gasteiger partial charge on any atom is -0.465 e. The largest absolute Gasteiger partial charge is 0.465 e. The molecule has 1 unspecified atom stereocenters. The number of esters is 1. The third kappa shape index (κ3) is 5.87. The number of carbonyl (C=O) groups is 2. The van der Waals surface area contributed by atoms with Crippen molar-refractivity contribution < 1.29 is 14.3 Å². The first-order chi connectivity index (χ1) is 9.95. The summed E-state index contributed by atoms with van der Waals surface area (Å²) < 4.78 is 4.95. The topological polar surface area (TPSA) is 46.6 Å². The molecule has 0 fully saturated rings. The summed E-state index contributed by atoms with van der Waals surface area (Å²) in [5, 5.41) is 0. The molecule has 0 heterocycles. The summed E-state index contributed by atoms with van der Waals surface area (Å²) >= 11 is 3.41. The van der Waals surface area contributed by atoms with Crippen LogP contribution in [0.2, 0.25) is 0 Å². The summed E-state index contributed by atoms with van der Waals surface area (Å²) in [6.45, 7) is 6.35. The molecule has 0 spiro atoms. The van der Waals surface area contributed by atoms with Crippen LogP contribution in [0.25, 0.3) is 0 Å². The quantitative estimate of drug-likeness (QED) is 0.557. The molecule has 1 atom stereocenters. The van der Waals surface area contributed by atoms with E-state index in [1.807, 2.05) is 44.2 Å². The van der Waals surface area contributed by atoms with E-state index in [0.29, 0.717) is 13.2 Å². The highest BCUT2D eigenvalue weighted by Crippen LogP contribution is 2.17. The van der Waals surface area contributed by atoms with Crippen molar-refractivity contribution in [3.63, 3.8) is 0 Å². The number of halogens is 1. The fourth-order valence-electron chi connectivity index (χ4n) is 1.84. The third-order valence-electron chi connectivity index (χ3n) is 2.97. The van der Waals surface area contributed by atoms with Crippen LogP contribution in [0.4, 0.5) is 0 Å². The highest BCUT2D eigenvalue weighted by atomic mass is 79.9. The Labute approximate surface area is 134 Å². The summed E-state index contributed by atoms with van der Waals surface area (Å²) in [4.78, 5) is 25.4. The SMILES string of the molecule is CCOC(=O)CN(Cc1ccccc1)C(=O)C(Br)C(C)C. The van der Waals surface area contributed by atoms with Crippen LogP contribution in [0.3, 0.4) is 0 Å². The standard InChI is InChI=1S/C16H22BrNO3/c1-4-21-14(19)11-18(16(20)15(17)12(2)3)10-13-8-6-5-7-9-13/h5-9,12,15H,4,10-11H2,1-3H3. The maximum atomic E-state index is 12.5. The smallest absolute Gasteiger partial charge is 0.325 e. The number of alkyl halides is 1. The van der Waals surface area contributed by atoms with Crippen LogP contribution in [0, 0.1) is 5.92 Å². The van der Waals surface area contributed by atoms with Gasteiger partial charge in [0.15, 0.2) is 0 Å². The van der Waals surface area contributed by atoms with Crippen LogP contribution in [-0.2, 0) is 20.9 Å². The molecule has 1 amide bonds. The lowest BCUT2D eigenvalue weighted by Gasteiger charge is -2.25. The summed E-state index contributed by atoms with van der Waals surface area (Å²) in [6, 6.07) is 9.61. The molecule has 0 saturated heterocycles. The van der Waals surface area contributed by atoms with E-state index < -0.39 is 0 Å². The Balaban J connectivity index is 2.83. The van der Waals surface area contributed by atoms with Crippen molar-refractivity contribution in [2.24, 2.45) is 5.92 Å². The average molecular weight is 356 g/mol. The Morgan fingerprint density at radius 3 is 2.38 bits per heavy atom. The van der Waals surface area contributed by atoms with E-state index in [0.717, 1.165) is 5.56 Å².